The van der Waals surface area contributed by atoms with Gasteiger partial charge in [0.15, 0.2) is 0 Å². The number of halogens is 1. The Morgan fingerprint density at radius 1 is 1.30 bits per heavy atom. The first kappa shape index (κ1) is 16.1. The Kier molecular flexibility index (Phi) is 4.48. The fourth-order valence-corrected chi connectivity index (χ4v) is 3.45. The number of aliphatic hydroxyl groups excluding tert-OH is 1. The van der Waals surface area contributed by atoms with Crippen LogP contribution >= 0.6 is 15.9 Å². The first-order valence-corrected chi connectivity index (χ1v) is 9.03. The molecule has 1 aliphatic heterocycles. The summed E-state index contributed by atoms with van der Waals surface area (Å²) in [5.41, 5.74) is 0.543. The number of nitrogens with one attached hydrogen (secondary N) is 3. The quantitative estimate of drug-likeness (QED) is 0.522. The summed E-state index contributed by atoms with van der Waals surface area (Å²) in [5, 5.41) is 15.8. The summed E-state index contributed by atoms with van der Waals surface area (Å²) in [5.74, 6) is 0.812. The molecule has 0 saturated heterocycles. The van der Waals surface area contributed by atoms with Crippen LogP contribution in [0.5, 0.6) is 0 Å². The van der Waals surface area contributed by atoms with E-state index < -0.39 is 16.1 Å². The zero-order valence-electron chi connectivity index (χ0n) is 11.8. The van der Waals surface area contributed by atoms with Crippen molar-refractivity contribution < 1.29 is 13.5 Å². The summed E-state index contributed by atoms with van der Waals surface area (Å²) in [6.45, 7) is 0.0255. The maximum atomic E-state index is 12.2. The van der Waals surface area contributed by atoms with Crippen molar-refractivity contribution >= 4 is 43.4 Å². The molecule has 1 unspecified atom stereocenters. The number of aliphatic hydroxyl groups is 1. The molecule has 23 heavy (non-hydrogen) atoms. The van der Waals surface area contributed by atoms with Crippen LogP contribution in [0.2, 0.25) is 0 Å². The molecule has 4 N–H and O–H groups in total. The van der Waals surface area contributed by atoms with Crippen molar-refractivity contribution in [2.45, 2.75) is 11.0 Å². The fourth-order valence-electron chi connectivity index (χ4n) is 2.00. The molecule has 3 rings (SSSR count). The van der Waals surface area contributed by atoms with Gasteiger partial charge in [-0.05, 0) is 34.1 Å². The van der Waals surface area contributed by atoms with Crippen molar-refractivity contribution in [1.29, 1.82) is 0 Å². The van der Waals surface area contributed by atoms with E-state index in [1.54, 1.807) is 18.3 Å². The number of nitrogens with zero attached hydrogens (tertiary/aromatic N) is 2. The number of fused-ring (bicyclic) bond motifs is 4. The Morgan fingerprint density at radius 3 is 2.96 bits per heavy atom. The molecule has 0 amide bonds. The van der Waals surface area contributed by atoms with Crippen LogP contribution in [0.1, 0.15) is 0 Å². The van der Waals surface area contributed by atoms with Gasteiger partial charge in [0.05, 0.1) is 15.5 Å². The normalized spacial score (nSPS) is 20.2. The van der Waals surface area contributed by atoms with E-state index in [1.165, 1.54) is 12.1 Å². The standard InChI is InChI=1S/C13H14BrN5O3S/c14-11-7-16-13-18-8-2-1-3-10(4-8)23(21,22)17-6-9(20)5-15-12(11)19-13/h1-4,7,9,17,20H,5-6H2,(H2,15,16,18,19). The van der Waals surface area contributed by atoms with Gasteiger partial charge in [-0.25, -0.2) is 18.1 Å². The van der Waals surface area contributed by atoms with E-state index in [2.05, 4.69) is 41.3 Å². The predicted octanol–water partition coefficient (Wildman–Crippen LogP) is 1.05. The van der Waals surface area contributed by atoms with Crippen molar-refractivity contribution in [1.82, 2.24) is 14.7 Å². The molecule has 4 bridgehead atoms. The van der Waals surface area contributed by atoms with E-state index in [1.807, 2.05) is 0 Å². The Labute approximate surface area is 141 Å². The topological polar surface area (TPSA) is 116 Å². The van der Waals surface area contributed by atoms with E-state index in [0.717, 1.165) is 0 Å². The molecule has 1 aromatic heterocycles. The highest BCUT2D eigenvalue weighted by Gasteiger charge is 2.18. The second-order valence-electron chi connectivity index (χ2n) is 4.93. The number of hydrogen-bond acceptors (Lipinski definition) is 7. The van der Waals surface area contributed by atoms with Gasteiger partial charge in [0.2, 0.25) is 16.0 Å². The Morgan fingerprint density at radius 2 is 2.13 bits per heavy atom. The van der Waals surface area contributed by atoms with Crippen LogP contribution in [0.25, 0.3) is 0 Å². The molecule has 2 heterocycles. The average molecular weight is 400 g/mol. The first-order valence-electron chi connectivity index (χ1n) is 6.75. The smallest absolute Gasteiger partial charge is 0.240 e. The average Bonchev–Trinajstić information content (AvgIpc) is 2.53. The summed E-state index contributed by atoms with van der Waals surface area (Å²) >= 11 is 3.32. The first-order chi connectivity index (χ1) is 10.9. The lowest BCUT2D eigenvalue weighted by Gasteiger charge is -2.14. The van der Waals surface area contributed by atoms with E-state index in [0.29, 0.717) is 21.9 Å². The molecule has 0 fully saturated rings. The van der Waals surface area contributed by atoms with E-state index >= 15 is 0 Å². The molecule has 1 aliphatic rings. The van der Waals surface area contributed by atoms with Crippen molar-refractivity contribution in [2.75, 3.05) is 23.7 Å². The highest BCUT2D eigenvalue weighted by molar-refractivity contribution is 9.10. The van der Waals surface area contributed by atoms with Crippen LogP contribution in [-0.2, 0) is 10.0 Å². The van der Waals surface area contributed by atoms with Crippen molar-refractivity contribution in [2.24, 2.45) is 0 Å². The minimum atomic E-state index is -3.70. The van der Waals surface area contributed by atoms with Gasteiger partial charge >= 0.3 is 0 Å². The second kappa shape index (κ2) is 6.40. The molecule has 2 aromatic rings. The number of aromatic nitrogens is 2. The van der Waals surface area contributed by atoms with Crippen molar-refractivity contribution in [3.05, 3.63) is 34.9 Å². The Hall–Kier alpha value is -1.75. The predicted molar refractivity (Wildman–Crippen MR) is 89.1 cm³/mol. The summed E-state index contributed by atoms with van der Waals surface area (Å²) in [6.07, 6.45) is 0.662. The van der Waals surface area contributed by atoms with Crippen molar-refractivity contribution in [3.63, 3.8) is 0 Å². The molecule has 122 valence electrons. The minimum absolute atomic E-state index is 0.0965. The van der Waals surface area contributed by atoms with Gasteiger partial charge in [-0.1, -0.05) is 6.07 Å². The fraction of sp³-hybridized carbons (Fsp3) is 0.231. The number of sulfonamides is 1. The molecule has 8 nitrogen and oxygen atoms in total. The molecule has 0 spiro atoms. The Balaban J connectivity index is 2.04. The third-order valence-electron chi connectivity index (χ3n) is 3.16. The zero-order valence-corrected chi connectivity index (χ0v) is 14.2. The van der Waals surface area contributed by atoms with Crippen LogP contribution in [0.4, 0.5) is 17.5 Å². The SMILES string of the molecule is O=S1(=O)NCC(O)CNc2nc(ncc2Br)Nc2cccc1c2. The van der Waals surface area contributed by atoms with E-state index in [9.17, 15) is 13.5 Å². The zero-order chi connectivity index (χ0) is 16.4. The van der Waals surface area contributed by atoms with Gasteiger partial charge in [0.1, 0.15) is 5.82 Å². The minimum Gasteiger partial charge on any atom is -0.390 e. The van der Waals surface area contributed by atoms with Crippen LogP contribution in [-0.4, -0.2) is 42.7 Å². The Bertz CT molecular complexity index is 830. The number of rotatable bonds is 0. The van der Waals surface area contributed by atoms with Crippen LogP contribution in [0.3, 0.4) is 0 Å². The van der Waals surface area contributed by atoms with Gasteiger partial charge in [0, 0.05) is 25.0 Å². The maximum Gasteiger partial charge on any atom is 0.240 e. The van der Waals surface area contributed by atoms with Gasteiger partial charge in [-0.15, -0.1) is 0 Å². The third-order valence-corrected chi connectivity index (χ3v) is 5.16. The van der Waals surface area contributed by atoms with Gasteiger partial charge in [-0.2, -0.15) is 4.98 Å². The number of anilines is 3. The van der Waals surface area contributed by atoms with E-state index in [4.69, 9.17) is 0 Å². The lowest BCUT2D eigenvalue weighted by molar-refractivity contribution is 0.191. The van der Waals surface area contributed by atoms with Gasteiger partial charge < -0.3 is 15.7 Å². The van der Waals surface area contributed by atoms with Crippen LogP contribution in [0, 0.1) is 0 Å². The lowest BCUT2D eigenvalue weighted by Crippen LogP contribution is -2.35. The number of hydrogen-bond donors (Lipinski definition) is 4. The van der Waals surface area contributed by atoms with E-state index in [-0.39, 0.29) is 18.0 Å². The van der Waals surface area contributed by atoms with Crippen LogP contribution < -0.4 is 15.4 Å². The lowest BCUT2D eigenvalue weighted by atomic mass is 10.3. The summed E-state index contributed by atoms with van der Waals surface area (Å²) in [7, 11) is -3.70. The molecule has 1 aromatic carbocycles. The molecule has 10 heteroatoms. The summed E-state index contributed by atoms with van der Waals surface area (Å²) in [4.78, 5) is 8.53. The number of benzene rings is 1. The van der Waals surface area contributed by atoms with Gasteiger partial charge in [0.25, 0.3) is 0 Å². The highest BCUT2D eigenvalue weighted by atomic mass is 79.9. The summed E-state index contributed by atoms with van der Waals surface area (Å²) < 4.78 is 27.5. The molecule has 0 radical (unpaired) electrons. The second-order valence-corrected chi connectivity index (χ2v) is 7.55. The maximum absolute atomic E-state index is 12.2. The van der Waals surface area contributed by atoms with Gasteiger partial charge in [-0.3, -0.25) is 0 Å². The molecular weight excluding hydrogens is 386 g/mol. The summed E-state index contributed by atoms with van der Waals surface area (Å²) in [6, 6.07) is 6.29. The van der Waals surface area contributed by atoms with Crippen LogP contribution in [0.15, 0.2) is 39.8 Å². The molecular formula is C13H14BrN5O3S. The number of β-amino-alcohol motifs (C(OH)–C–C–N with tert-alkyl or cyclic N) is 1. The molecule has 0 saturated carbocycles. The highest BCUT2D eigenvalue weighted by Crippen LogP contribution is 2.23. The monoisotopic (exact) mass is 399 g/mol. The molecule has 1 atom stereocenters. The third kappa shape index (κ3) is 3.78. The van der Waals surface area contributed by atoms with Crippen molar-refractivity contribution in [3.8, 4) is 0 Å². The molecule has 0 aliphatic carbocycles. The largest absolute Gasteiger partial charge is 0.390 e.